The molecule has 7 nitrogen and oxygen atoms in total. The molecule has 1 fully saturated rings. The molecule has 29 heavy (non-hydrogen) atoms. The second-order valence-electron chi connectivity index (χ2n) is 8.27. The largest absolute Gasteiger partial charge is 0.355 e. The van der Waals surface area contributed by atoms with Crippen LogP contribution in [-0.2, 0) is 11.2 Å². The van der Waals surface area contributed by atoms with E-state index in [1.165, 1.54) is 6.42 Å². The van der Waals surface area contributed by atoms with Crippen LogP contribution in [0.5, 0.6) is 0 Å². The van der Waals surface area contributed by atoms with Gasteiger partial charge in [0.15, 0.2) is 0 Å². The van der Waals surface area contributed by atoms with Crippen molar-refractivity contribution < 1.29 is 4.79 Å². The Hall–Kier alpha value is -2.54. The van der Waals surface area contributed by atoms with Crippen LogP contribution in [0.3, 0.4) is 0 Å². The molecule has 0 bridgehead atoms. The van der Waals surface area contributed by atoms with E-state index in [0.29, 0.717) is 41.9 Å². The smallest absolute Gasteiger partial charge is 0.254 e. The molecule has 0 radical (unpaired) electrons. The van der Waals surface area contributed by atoms with Gasteiger partial charge in [-0.2, -0.15) is 0 Å². The second kappa shape index (κ2) is 9.78. The molecule has 1 aliphatic heterocycles. The summed E-state index contributed by atoms with van der Waals surface area (Å²) in [6, 6.07) is 3.60. The number of amides is 1. The first-order valence-corrected chi connectivity index (χ1v) is 10.4. The maximum absolute atomic E-state index is 12.5. The first kappa shape index (κ1) is 21.2. The van der Waals surface area contributed by atoms with Gasteiger partial charge < -0.3 is 15.2 Å². The maximum atomic E-state index is 12.5. The summed E-state index contributed by atoms with van der Waals surface area (Å²) in [6.07, 6.45) is 5.27. The highest BCUT2D eigenvalue weighted by molar-refractivity contribution is 5.76. The first-order chi connectivity index (χ1) is 13.9. The fourth-order valence-corrected chi connectivity index (χ4v) is 4.21. The number of carbonyl (C=O) groups excluding carboxylic acids is 1. The summed E-state index contributed by atoms with van der Waals surface area (Å²) in [5.74, 6) is 1.92. The van der Waals surface area contributed by atoms with E-state index in [-0.39, 0.29) is 17.9 Å². The fourth-order valence-electron chi connectivity index (χ4n) is 4.21. The van der Waals surface area contributed by atoms with E-state index < -0.39 is 0 Å². The molecule has 0 aliphatic carbocycles. The molecule has 0 spiro atoms. The standard InChI is InChI=1S/C22H31N5O2/c1-15-12-16(2)14-27(13-15)11-10-24-20(28)5-4-19-17(3)25-21(26-22(19)29)18-6-8-23-9-7-18/h6-9,15-16H,4-5,10-14H2,1-3H3,(H,24,28)(H,25,26,29). The molecule has 2 N–H and O–H groups in total. The van der Waals surface area contributed by atoms with Gasteiger partial charge in [0.05, 0.1) is 0 Å². The van der Waals surface area contributed by atoms with Gasteiger partial charge >= 0.3 is 0 Å². The van der Waals surface area contributed by atoms with Gasteiger partial charge in [-0.3, -0.25) is 14.6 Å². The van der Waals surface area contributed by atoms with Gasteiger partial charge in [0.25, 0.3) is 5.56 Å². The van der Waals surface area contributed by atoms with Gasteiger partial charge in [-0.05, 0) is 43.7 Å². The van der Waals surface area contributed by atoms with E-state index in [1.807, 2.05) is 6.92 Å². The van der Waals surface area contributed by atoms with E-state index in [0.717, 1.165) is 25.2 Å². The van der Waals surface area contributed by atoms with E-state index in [1.54, 1.807) is 24.5 Å². The van der Waals surface area contributed by atoms with Crippen LogP contribution >= 0.6 is 0 Å². The summed E-state index contributed by atoms with van der Waals surface area (Å²) in [4.78, 5) is 38.4. The van der Waals surface area contributed by atoms with Crippen LogP contribution < -0.4 is 10.9 Å². The van der Waals surface area contributed by atoms with Crippen molar-refractivity contribution >= 4 is 5.91 Å². The van der Waals surface area contributed by atoms with E-state index >= 15 is 0 Å². The first-order valence-electron chi connectivity index (χ1n) is 10.4. The topological polar surface area (TPSA) is 91.0 Å². The Balaban J connectivity index is 1.49. The predicted molar refractivity (Wildman–Crippen MR) is 114 cm³/mol. The van der Waals surface area contributed by atoms with Crippen molar-refractivity contribution in [2.45, 2.75) is 40.0 Å². The minimum Gasteiger partial charge on any atom is -0.355 e. The van der Waals surface area contributed by atoms with Crippen molar-refractivity contribution in [1.29, 1.82) is 0 Å². The van der Waals surface area contributed by atoms with Gasteiger partial charge in [0.1, 0.15) is 5.82 Å². The third kappa shape index (κ3) is 5.97. The van der Waals surface area contributed by atoms with Gasteiger partial charge in [0, 0.05) is 61.8 Å². The summed E-state index contributed by atoms with van der Waals surface area (Å²) in [6.45, 7) is 10.1. The lowest BCUT2D eigenvalue weighted by Gasteiger charge is -2.34. The minimum atomic E-state index is -0.187. The molecule has 7 heteroatoms. The van der Waals surface area contributed by atoms with Crippen molar-refractivity contribution in [2.24, 2.45) is 11.8 Å². The number of aryl methyl sites for hydroxylation is 1. The number of aromatic amines is 1. The van der Waals surface area contributed by atoms with Crippen molar-refractivity contribution in [1.82, 2.24) is 25.2 Å². The molecular formula is C22H31N5O2. The van der Waals surface area contributed by atoms with Gasteiger partial charge in [-0.15, -0.1) is 0 Å². The van der Waals surface area contributed by atoms with Crippen LogP contribution in [0.15, 0.2) is 29.3 Å². The third-order valence-corrected chi connectivity index (χ3v) is 5.47. The number of carbonyl (C=O) groups is 1. The highest BCUT2D eigenvalue weighted by Gasteiger charge is 2.21. The number of rotatable bonds is 7. The monoisotopic (exact) mass is 397 g/mol. The lowest BCUT2D eigenvalue weighted by Crippen LogP contribution is -2.42. The minimum absolute atomic E-state index is 0.0277. The van der Waals surface area contributed by atoms with Crippen LogP contribution in [-0.4, -0.2) is 51.9 Å². The Morgan fingerprint density at radius 1 is 1.24 bits per heavy atom. The average molecular weight is 398 g/mol. The fraction of sp³-hybridized carbons (Fsp3) is 0.545. The molecule has 1 amide bonds. The van der Waals surface area contributed by atoms with E-state index in [9.17, 15) is 9.59 Å². The molecule has 2 aromatic heterocycles. The molecule has 1 saturated heterocycles. The Morgan fingerprint density at radius 3 is 2.59 bits per heavy atom. The molecule has 3 heterocycles. The number of nitrogens with one attached hydrogen (secondary N) is 2. The molecule has 0 aromatic carbocycles. The van der Waals surface area contributed by atoms with Crippen LogP contribution in [0, 0.1) is 18.8 Å². The Morgan fingerprint density at radius 2 is 1.93 bits per heavy atom. The normalized spacial score (nSPS) is 19.8. The van der Waals surface area contributed by atoms with Crippen LogP contribution in [0.1, 0.15) is 37.9 Å². The number of piperidine rings is 1. The molecule has 1 aliphatic rings. The number of pyridine rings is 1. The average Bonchev–Trinajstić information content (AvgIpc) is 2.67. The van der Waals surface area contributed by atoms with Crippen LogP contribution in [0.2, 0.25) is 0 Å². The Labute approximate surface area is 172 Å². The van der Waals surface area contributed by atoms with E-state index in [2.05, 4.69) is 39.0 Å². The predicted octanol–water partition coefficient (Wildman–Crippen LogP) is 2.17. The SMILES string of the molecule is Cc1nc(-c2ccncc2)[nH]c(=O)c1CCC(=O)NCCN1CC(C)CC(C)C1. The van der Waals surface area contributed by atoms with Crippen LogP contribution in [0.4, 0.5) is 0 Å². The second-order valence-corrected chi connectivity index (χ2v) is 8.27. The zero-order valence-corrected chi connectivity index (χ0v) is 17.6. The van der Waals surface area contributed by atoms with Crippen molar-refractivity contribution in [3.05, 3.63) is 46.1 Å². The molecule has 2 unspecified atom stereocenters. The van der Waals surface area contributed by atoms with Gasteiger partial charge in [0.2, 0.25) is 5.91 Å². The van der Waals surface area contributed by atoms with Crippen molar-refractivity contribution in [3.63, 3.8) is 0 Å². The summed E-state index contributed by atoms with van der Waals surface area (Å²) in [7, 11) is 0. The number of hydrogen-bond acceptors (Lipinski definition) is 5. The molecule has 0 saturated carbocycles. The number of hydrogen-bond donors (Lipinski definition) is 2. The van der Waals surface area contributed by atoms with Gasteiger partial charge in [-0.1, -0.05) is 13.8 Å². The molecule has 156 valence electrons. The number of likely N-dealkylation sites (tertiary alicyclic amines) is 1. The number of H-pyrrole nitrogens is 1. The summed E-state index contributed by atoms with van der Waals surface area (Å²) in [5, 5.41) is 2.99. The molecule has 2 atom stereocenters. The van der Waals surface area contributed by atoms with Crippen molar-refractivity contribution in [3.8, 4) is 11.4 Å². The molecule has 3 rings (SSSR count). The lowest BCUT2D eigenvalue weighted by atomic mass is 9.92. The maximum Gasteiger partial charge on any atom is 0.254 e. The Bertz CT molecular complexity index is 871. The quantitative estimate of drug-likeness (QED) is 0.747. The zero-order chi connectivity index (χ0) is 20.8. The third-order valence-electron chi connectivity index (χ3n) is 5.47. The van der Waals surface area contributed by atoms with E-state index in [4.69, 9.17) is 0 Å². The molecular weight excluding hydrogens is 366 g/mol. The van der Waals surface area contributed by atoms with Crippen molar-refractivity contribution in [2.75, 3.05) is 26.2 Å². The highest BCUT2D eigenvalue weighted by atomic mass is 16.1. The highest BCUT2D eigenvalue weighted by Crippen LogP contribution is 2.20. The summed E-state index contributed by atoms with van der Waals surface area (Å²) >= 11 is 0. The van der Waals surface area contributed by atoms with Crippen LogP contribution in [0.25, 0.3) is 11.4 Å². The Kier molecular flexibility index (Phi) is 7.14. The lowest BCUT2D eigenvalue weighted by molar-refractivity contribution is -0.121. The summed E-state index contributed by atoms with van der Waals surface area (Å²) < 4.78 is 0. The number of nitrogens with zero attached hydrogens (tertiary/aromatic N) is 3. The number of aromatic nitrogens is 3. The summed E-state index contributed by atoms with van der Waals surface area (Å²) in [5.41, 5.74) is 1.85. The zero-order valence-electron chi connectivity index (χ0n) is 17.6. The molecule has 2 aromatic rings. The van der Waals surface area contributed by atoms with Gasteiger partial charge in [-0.25, -0.2) is 4.98 Å².